The van der Waals surface area contributed by atoms with Crippen molar-refractivity contribution in [2.75, 3.05) is 6.61 Å². The summed E-state index contributed by atoms with van der Waals surface area (Å²) in [5, 5.41) is 0. The van der Waals surface area contributed by atoms with Gasteiger partial charge in [0.2, 0.25) is 5.79 Å². The Labute approximate surface area is 193 Å². The van der Waals surface area contributed by atoms with Gasteiger partial charge < -0.3 is 14.2 Å². The van der Waals surface area contributed by atoms with Crippen molar-refractivity contribution in [1.29, 1.82) is 0 Å². The maximum atomic E-state index is 6.62. The van der Waals surface area contributed by atoms with Crippen LogP contribution in [0.1, 0.15) is 85.0 Å². The zero-order valence-corrected chi connectivity index (χ0v) is 20.2. The van der Waals surface area contributed by atoms with Gasteiger partial charge >= 0.3 is 0 Å². The van der Waals surface area contributed by atoms with Crippen molar-refractivity contribution in [3.05, 3.63) is 0 Å². The van der Waals surface area contributed by atoms with E-state index in [4.69, 9.17) is 24.0 Å². The monoisotopic (exact) mass is 446 g/mol. The van der Waals surface area contributed by atoms with Gasteiger partial charge in [0.15, 0.2) is 18.2 Å². The number of hydrogen-bond acceptors (Lipinski definition) is 5. The predicted octanol–water partition coefficient (Wildman–Crippen LogP) is 5.67. The number of ether oxygens (including phenoxy) is 3. The second-order valence-electron chi connectivity index (χ2n) is 13.0. The van der Waals surface area contributed by atoms with Gasteiger partial charge in [-0.3, -0.25) is 0 Å². The van der Waals surface area contributed by atoms with E-state index in [2.05, 4.69) is 13.8 Å². The summed E-state index contributed by atoms with van der Waals surface area (Å²) < 4.78 is 19.6. The van der Waals surface area contributed by atoms with E-state index in [1.807, 2.05) is 6.92 Å². The first kappa shape index (κ1) is 21.1. The molecule has 5 aliphatic carbocycles. The molecule has 5 heteroatoms. The quantitative estimate of drug-likeness (QED) is 0.521. The Morgan fingerprint density at radius 3 is 2.38 bits per heavy atom. The predicted molar refractivity (Wildman–Crippen MR) is 118 cm³/mol. The summed E-state index contributed by atoms with van der Waals surface area (Å²) in [6.07, 6.45) is 12.4. The largest absolute Gasteiger partial charge is 0.352 e. The van der Waals surface area contributed by atoms with E-state index in [0.29, 0.717) is 17.8 Å². The minimum atomic E-state index is -0.705. The number of fused-ring (bicyclic) bond motifs is 2. The van der Waals surface area contributed by atoms with Crippen molar-refractivity contribution < 1.29 is 24.0 Å². The van der Waals surface area contributed by atoms with Crippen LogP contribution in [0.25, 0.3) is 0 Å². The fraction of sp³-hybridized carbons (Fsp3) is 1.00. The van der Waals surface area contributed by atoms with Crippen LogP contribution in [0.4, 0.5) is 0 Å². The molecule has 4 heterocycles. The molecule has 0 aromatic carbocycles. The minimum absolute atomic E-state index is 0.201. The van der Waals surface area contributed by atoms with E-state index in [-0.39, 0.29) is 18.5 Å². The van der Waals surface area contributed by atoms with Gasteiger partial charge in [-0.2, -0.15) is 0 Å². The Hall–Kier alpha value is -0.200. The Balaban J connectivity index is 1.06. The average molecular weight is 447 g/mol. The fourth-order valence-electron chi connectivity index (χ4n) is 9.89. The lowest BCUT2D eigenvalue weighted by atomic mass is 9.51. The summed E-state index contributed by atoms with van der Waals surface area (Å²) in [4.78, 5) is 12.2. The van der Waals surface area contributed by atoms with Crippen LogP contribution in [0.2, 0.25) is 0 Å². The molecule has 0 unspecified atom stereocenters. The molecule has 5 saturated carbocycles. The minimum Gasteiger partial charge on any atom is -0.352 e. The Bertz CT molecular complexity index is 714. The van der Waals surface area contributed by atoms with Crippen molar-refractivity contribution in [3.63, 3.8) is 0 Å². The number of rotatable bonds is 4. The second-order valence-corrected chi connectivity index (χ2v) is 13.0. The van der Waals surface area contributed by atoms with Crippen LogP contribution in [-0.2, 0) is 24.0 Å². The molecule has 8 atom stereocenters. The molecule has 0 aromatic rings. The van der Waals surface area contributed by atoms with Crippen LogP contribution in [0.3, 0.4) is 0 Å². The van der Waals surface area contributed by atoms with Gasteiger partial charge in [0, 0.05) is 18.3 Å². The van der Waals surface area contributed by atoms with Gasteiger partial charge in [0.1, 0.15) is 0 Å². The zero-order valence-electron chi connectivity index (χ0n) is 20.2. The molecular weight excluding hydrogens is 404 g/mol. The molecule has 0 aromatic heterocycles. The summed E-state index contributed by atoms with van der Waals surface area (Å²) >= 11 is 0. The lowest BCUT2D eigenvalue weighted by Gasteiger charge is -2.60. The molecule has 0 radical (unpaired) electrons. The first-order valence-corrected chi connectivity index (χ1v) is 13.8. The number of hydrogen-bond donors (Lipinski definition) is 0. The SMILES string of the molecule is C[C@H]1[C@H](OCCC2C3CC4CC(C3)CC2C4)O[C@@H]2O[C@@]3(C)CC[C@H]4[C@H](C)CC[C@@H]1[C@@]24OO3. The van der Waals surface area contributed by atoms with Gasteiger partial charge in [-0.25, -0.2) is 9.78 Å². The van der Waals surface area contributed by atoms with E-state index in [1.54, 1.807) is 0 Å². The van der Waals surface area contributed by atoms with Crippen molar-refractivity contribution in [1.82, 2.24) is 0 Å². The van der Waals surface area contributed by atoms with Crippen LogP contribution in [0, 0.1) is 53.3 Å². The normalized spacial score (nSPS) is 60.3. The summed E-state index contributed by atoms with van der Waals surface area (Å²) in [7, 11) is 0. The maximum Gasteiger partial charge on any atom is 0.201 e. The third-order valence-corrected chi connectivity index (χ3v) is 11.3. The highest BCUT2D eigenvalue weighted by Gasteiger charge is 2.69. The molecule has 4 saturated heterocycles. The zero-order chi connectivity index (χ0) is 21.7. The highest BCUT2D eigenvalue weighted by molar-refractivity contribution is 5.09. The lowest BCUT2D eigenvalue weighted by molar-refractivity contribution is -0.577. The molecule has 6 bridgehead atoms. The van der Waals surface area contributed by atoms with Crippen LogP contribution in [-0.4, -0.2) is 30.6 Å². The molecule has 0 amide bonds. The molecule has 1 spiro atoms. The summed E-state index contributed by atoms with van der Waals surface area (Å²) in [5.74, 6) is 5.87. The van der Waals surface area contributed by atoms with Crippen LogP contribution < -0.4 is 0 Å². The topological polar surface area (TPSA) is 46.2 Å². The van der Waals surface area contributed by atoms with Crippen molar-refractivity contribution >= 4 is 0 Å². The van der Waals surface area contributed by atoms with Gasteiger partial charge in [0.25, 0.3) is 0 Å². The Morgan fingerprint density at radius 1 is 0.875 bits per heavy atom. The molecule has 5 nitrogen and oxygen atoms in total. The van der Waals surface area contributed by atoms with Crippen LogP contribution in [0.5, 0.6) is 0 Å². The second kappa shape index (κ2) is 7.40. The van der Waals surface area contributed by atoms with Crippen LogP contribution in [0.15, 0.2) is 0 Å². The molecule has 9 rings (SSSR count). The highest BCUT2D eigenvalue weighted by atomic mass is 17.3. The molecule has 32 heavy (non-hydrogen) atoms. The summed E-state index contributed by atoms with van der Waals surface area (Å²) in [6.45, 7) is 7.50. The van der Waals surface area contributed by atoms with Crippen molar-refractivity contribution in [2.45, 2.75) is 109 Å². The third kappa shape index (κ3) is 3.00. The molecule has 9 fully saturated rings. The van der Waals surface area contributed by atoms with E-state index in [9.17, 15) is 0 Å². The summed E-state index contributed by atoms with van der Waals surface area (Å²) in [5.41, 5.74) is -0.478. The van der Waals surface area contributed by atoms with E-state index in [0.717, 1.165) is 55.5 Å². The molecule has 9 aliphatic rings. The molecule has 4 aliphatic heterocycles. The molecule has 180 valence electrons. The van der Waals surface area contributed by atoms with Gasteiger partial charge in [0.05, 0.1) is 6.61 Å². The lowest BCUT2D eigenvalue weighted by Crippen LogP contribution is -2.70. The van der Waals surface area contributed by atoms with Crippen LogP contribution >= 0.6 is 0 Å². The molecule has 0 N–H and O–H groups in total. The fourth-order valence-corrected chi connectivity index (χ4v) is 9.89. The third-order valence-electron chi connectivity index (χ3n) is 11.3. The van der Waals surface area contributed by atoms with Crippen molar-refractivity contribution in [2.24, 2.45) is 53.3 Å². The first-order valence-electron chi connectivity index (χ1n) is 13.8. The van der Waals surface area contributed by atoms with E-state index in [1.165, 1.54) is 44.9 Å². The van der Waals surface area contributed by atoms with Crippen molar-refractivity contribution in [3.8, 4) is 0 Å². The maximum absolute atomic E-state index is 6.62. The van der Waals surface area contributed by atoms with E-state index < -0.39 is 11.4 Å². The summed E-state index contributed by atoms with van der Waals surface area (Å²) in [6, 6.07) is 0. The van der Waals surface area contributed by atoms with Gasteiger partial charge in [-0.15, -0.1) is 0 Å². The Morgan fingerprint density at radius 2 is 1.62 bits per heavy atom. The smallest absolute Gasteiger partial charge is 0.201 e. The Kier molecular flexibility index (Phi) is 4.88. The molecular formula is C27H42O5. The van der Waals surface area contributed by atoms with E-state index >= 15 is 0 Å². The van der Waals surface area contributed by atoms with Gasteiger partial charge in [-0.05, 0) is 106 Å². The van der Waals surface area contributed by atoms with Gasteiger partial charge in [-0.1, -0.05) is 13.8 Å². The average Bonchev–Trinajstić information content (AvgIpc) is 2.99. The first-order chi connectivity index (χ1) is 15.5. The highest BCUT2D eigenvalue weighted by Crippen LogP contribution is 2.61. The standard InChI is InChI=1S/C27H42O5/c1-15-4-5-23-16(2)24(29-25-27(23)22(15)6-8-26(3,30-25)31-32-27)28-9-7-21-19-11-17-10-18(13-19)14-20(21)12-17/h15-25H,4-14H2,1-3H3/t15-,16-,17?,18?,19?,20?,21?,22+,23+,24-,25-,26-,27-/m1/s1.